The topological polar surface area (TPSA) is 40.5 Å². The van der Waals surface area contributed by atoms with Crippen LogP contribution in [-0.4, -0.2) is 22.4 Å². The number of hydrogen-bond donors (Lipinski definition) is 2. The average molecular weight is 363 g/mol. The van der Waals surface area contributed by atoms with E-state index in [4.69, 9.17) is 0 Å². The molecule has 10 atom stereocenters. The Hall–Kier alpha value is -0.0800. The summed E-state index contributed by atoms with van der Waals surface area (Å²) in [6, 6.07) is 0. The lowest BCUT2D eigenvalue weighted by molar-refractivity contribution is -0.172. The number of aliphatic hydroxyl groups is 2. The van der Waals surface area contributed by atoms with Crippen molar-refractivity contribution < 1.29 is 10.2 Å². The Balaban J connectivity index is 1.60. The molecule has 26 heavy (non-hydrogen) atoms. The minimum atomic E-state index is -0.189. The Bertz CT molecular complexity index is 518. The Kier molecular flexibility index (Phi) is 5.01. The van der Waals surface area contributed by atoms with E-state index in [1.165, 1.54) is 38.5 Å². The maximum Gasteiger partial charge on any atom is 0.0577 e. The molecule has 2 nitrogen and oxygen atoms in total. The van der Waals surface area contributed by atoms with Crippen LogP contribution in [0.4, 0.5) is 0 Å². The van der Waals surface area contributed by atoms with Gasteiger partial charge in [0.2, 0.25) is 0 Å². The SMILES string of the molecule is CCCC(C)[C@H]1CCC2C3CC(O)C4CC(O)CCC4(C)C3CCC21C. The van der Waals surface area contributed by atoms with Crippen LogP contribution >= 0.6 is 0 Å². The van der Waals surface area contributed by atoms with Gasteiger partial charge in [-0.1, -0.05) is 40.5 Å². The number of fused-ring (bicyclic) bond motifs is 5. The van der Waals surface area contributed by atoms with Gasteiger partial charge in [0.05, 0.1) is 12.2 Å². The molecule has 4 aliphatic rings. The van der Waals surface area contributed by atoms with Crippen molar-refractivity contribution in [3.05, 3.63) is 0 Å². The van der Waals surface area contributed by atoms with Crippen molar-refractivity contribution in [2.45, 2.75) is 104 Å². The minimum absolute atomic E-state index is 0.182. The smallest absolute Gasteiger partial charge is 0.0577 e. The van der Waals surface area contributed by atoms with Gasteiger partial charge in [0.25, 0.3) is 0 Å². The third-order valence-corrected chi connectivity index (χ3v) is 10.2. The van der Waals surface area contributed by atoms with Crippen LogP contribution in [0.15, 0.2) is 0 Å². The molecule has 0 aliphatic heterocycles. The van der Waals surface area contributed by atoms with Gasteiger partial charge in [-0.2, -0.15) is 0 Å². The van der Waals surface area contributed by atoms with Crippen LogP contribution in [0.3, 0.4) is 0 Å². The second-order valence-electron chi connectivity index (χ2n) is 11.2. The minimum Gasteiger partial charge on any atom is -0.393 e. The molecule has 0 heterocycles. The molecule has 0 aromatic heterocycles. The van der Waals surface area contributed by atoms with Crippen LogP contribution in [0.5, 0.6) is 0 Å². The highest BCUT2D eigenvalue weighted by Gasteiger charge is 2.62. The first-order valence-corrected chi connectivity index (χ1v) is 11.7. The van der Waals surface area contributed by atoms with Crippen LogP contribution in [0.2, 0.25) is 0 Å². The predicted octanol–water partition coefficient (Wildman–Crippen LogP) is 5.41. The lowest BCUT2D eigenvalue weighted by Gasteiger charge is -2.62. The van der Waals surface area contributed by atoms with E-state index in [9.17, 15) is 10.2 Å². The predicted molar refractivity (Wildman–Crippen MR) is 107 cm³/mol. The molecular weight excluding hydrogens is 320 g/mol. The zero-order valence-electron chi connectivity index (χ0n) is 17.6. The molecule has 4 saturated carbocycles. The quantitative estimate of drug-likeness (QED) is 0.704. The number of hydrogen-bond acceptors (Lipinski definition) is 2. The number of aliphatic hydroxyl groups excluding tert-OH is 2. The first-order chi connectivity index (χ1) is 12.3. The summed E-state index contributed by atoms with van der Waals surface area (Å²) in [6.45, 7) is 9.92. The van der Waals surface area contributed by atoms with Crippen molar-refractivity contribution in [2.24, 2.45) is 46.3 Å². The third kappa shape index (κ3) is 2.72. The van der Waals surface area contributed by atoms with Crippen molar-refractivity contribution in [3.8, 4) is 0 Å². The average Bonchev–Trinajstić information content (AvgIpc) is 2.94. The summed E-state index contributed by atoms with van der Waals surface area (Å²) in [6.07, 6.45) is 11.8. The molecule has 0 aromatic carbocycles. The van der Waals surface area contributed by atoms with E-state index < -0.39 is 0 Å². The highest BCUT2D eigenvalue weighted by molar-refractivity contribution is 5.11. The fraction of sp³-hybridized carbons (Fsp3) is 1.00. The molecule has 0 spiro atoms. The van der Waals surface area contributed by atoms with Crippen LogP contribution in [0.1, 0.15) is 91.9 Å². The van der Waals surface area contributed by atoms with E-state index in [-0.39, 0.29) is 17.6 Å². The van der Waals surface area contributed by atoms with Gasteiger partial charge in [0.1, 0.15) is 0 Å². The third-order valence-electron chi connectivity index (χ3n) is 10.2. The molecule has 2 heteroatoms. The van der Waals surface area contributed by atoms with Gasteiger partial charge in [-0.05, 0) is 97.7 Å². The Morgan fingerprint density at radius 2 is 1.58 bits per heavy atom. The Labute approximate surface area is 161 Å². The zero-order chi connectivity index (χ0) is 18.7. The summed E-state index contributed by atoms with van der Waals surface area (Å²) in [5.41, 5.74) is 0.767. The monoisotopic (exact) mass is 362 g/mol. The molecule has 0 radical (unpaired) electrons. The molecule has 0 bridgehead atoms. The fourth-order valence-corrected chi connectivity index (χ4v) is 8.91. The van der Waals surface area contributed by atoms with Gasteiger partial charge in [0.15, 0.2) is 0 Å². The lowest BCUT2D eigenvalue weighted by atomic mass is 9.44. The van der Waals surface area contributed by atoms with E-state index in [2.05, 4.69) is 27.7 Å². The lowest BCUT2D eigenvalue weighted by Crippen LogP contribution is -2.58. The normalized spacial score (nSPS) is 54.9. The van der Waals surface area contributed by atoms with Gasteiger partial charge in [0, 0.05) is 0 Å². The van der Waals surface area contributed by atoms with Crippen molar-refractivity contribution >= 4 is 0 Å². The second-order valence-corrected chi connectivity index (χ2v) is 11.2. The van der Waals surface area contributed by atoms with Crippen molar-refractivity contribution in [3.63, 3.8) is 0 Å². The summed E-state index contributed by atoms with van der Waals surface area (Å²) < 4.78 is 0. The van der Waals surface area contributed by atoms with E-state index >= 15 is 0 Å². The summed E-state index contributed by atoms with van der Waals surface area (Å²) >= 11 is 0. The van der Waals surface area contributed by atoms with Crippen molar-refractivity contribution in [1.82, 2.24) is 0 Å². The largest absolute Gasteiger partial charge is 0.393 e. The van der Waals surface area contributed by atoms with E-state index in [1.807, 2.05) is 0 Å². The van der Waals surface area contributed by atoms with Crippen molar-refractivity contribution in [2.75, 3.05) is 0 Å². The number of rotatable bonds is 3. The highest BCUT2D eigenvalue weighted by Crippen LogP contribution is 2.68. The molecule has 150 valence electrons. The maximum absolute atomic E-state index is 11.1. The summed E-state index contributed by atoms with van der Waals surface area (Å²) in [5.74, 6) is 4.40. The van der Waals surface area contributed by atoms with Gasteiger partial charge in [-0.15, -0.1) is 0 Å². The first kappa shape index (κ1) is 19.2. The molecule has 0 saturated heterocycles. The van der Waals surface area contributed by atoms with E-state index in [0.29, 0.717) is 11.3 Å². The summed E-state index contributed by atoms with van der Waals surface area (Å²) in [5, 5.41) is 21.3. The molecule has 4 aliphatic carbocycles. The Morgan fingerprint density at radius 1 is 0.885 bits per heavy atom. The highest BCUT2D eigenvalue weighted by atomic mass is 16.3. The fourth-order valence-electron chi connectivity index (χ4n) is 8.91. The second kappa shape index (κ2) is 6.76. The Morgan fingerprint density at radius 3 is 2.31 bits per heavy atom. The van der Waals surface area contributed by atoms with Gasteiger partial charge in [-0.25, -0.2) is 0 Å². The van der Waals surface area contributed by atoms with Gasteiger partial charge in [-0.3, -0.25) is 0 Å². The molecule has 2 N–H and O–H groups in total. The molecule has 0 amide bonds. The zero-order valence-corrected chi connectivity index (χ0v) is 17.6. The van der Waals surface area contributed by atoms with Crippen LogP contribution < -0.4 is 0 Å². The van der Waals surface area contributed by atoms with E-state index in [1.54, 1.807) is 0 Å². The summed E-state index contributed by atoms with van der Waals surface area (Å²) in [4.78, 5) is 0. The molecule has 4 fully saturated rings. The van der Waals surface area contributed by atoms with E-state index in [0.717, 1.165) is 55.3 Å². The van der Waals surface area contributed by atoms with Crippen molar-refractivity contribution in [1.29, 1.82) is 0 Å². The molecule has 4 rings (SSSR count). The van der Waals surface area contributed by atoms with Crippen LogP contribution in [-0.2, 0) is 0 Å². The van der Waals surface area contributed by atoms with Crippen LogP contribution in [0, 0.1) is 46.3 Å². The molecule has 0 aromatic rings. The first-order valence-electron chi connectivity index (χ1n) is 11.7. The molecular formula is C24H42O2. The van der Waals surface area contributed by atoms with Crippen LogP contribution in [0.25, 0.3) is 0 Å². The summed E-state index contributed by atoms with van der Waals surface area (Å²) in [7, 11) is 0. The van der Waals surface area contributed by atoms with Gasteiger partial charge >= 0.3 is 0 Å². The van der Waals surface area contributed by atoms with Gasteiger partial charge < -0.3 is 10.2 Å². The maximum atomic E-state index is 11.1. The molecule has 9 unspecified atom stereocenters. The standard InChI is InChI=1S/C24H42O2/c1-5-6-15(2)18-7-8-19-17-14-22(26)21-13-16(25)9-11-24(21,4)20(17)10-12-23(18,19)3/h15-22,25-26H,5-14H2,1-4H3/t15?,16?,17?,18-,19?,20?,21?,22?,23?,24?/m1/s1.